The van der Waals surface area contributed by atoms with Crippen molar-refractivity contribution in [3.05, 3.63) is 35.4 Å². The van der Waals surface area contributed by atoms with Crippen molar-refractivity contribution in [2.75, 3.05) is 0 Å². The van der Waals surface area contributed by atoms with Crippen molar-refractivity contribution in [2.24, 2.45) is 5.92 Å². The second-order valence-electron chi connectivity index (χ2n) is 4.61. The molecule has 15 heavy (non-hydrogen) atoms. The molecule has 1 aliphatic carbocycles. The van der Waals surface area contributed by atoms with Crippen LogP contribution in [0.15, 0.2) is 24.3 Å². The van der Waals surface area contributed by atoms with E-state index >= 15 is 0 Å². The van der Waals surface area contributed by atoms with Gasteiger partial charge in [-0.15, -0.1) is 0 Å². The van der Waals surface area contributed by atoms with Gasteiger partial charge in [0, 0.05) is 12.1 Å². The molecule has 1 saturated carbocycles. The van der Waals surface area contributed by atoms with Gasteiger partial charge in [0.25, 0.3) is 0 Å². The molecule has 0 spiro atoms. The highest BCUT2D eigenvalue weighted by atomic mass is 16.3. The molecule has 2 heteroatoms. The van der Waals surface area contributed by atoms with Crippen LogP contribution in [0.1, 0.15) is 37.4 Å². The van der Waals surface area contributed by atoms with Crippen molar-refractivity contribution in [1.82, 2.24) is 5.32 Å². The monoisotopic (exact) mass is 205 g/mol. The summed E-state index contributed by atoms with van der Waals surface area (Å²) in [7, 11) is 0. The Kier molecular flexibility index (Phi) is 3.08. The van der Waals surface area contributed by atoms with Gasteiger partial charge >= 0.3 is 0 Å². The lowest BCUT2D eigenvalue weighted by Crippen LogP contribution is -2.22. The van der Waals surface area contributed by atoms with Crippen LogP contribution in [0, 0.1) is 5.92 Å². The van der Waals surface area contributed by atoms with Gasteiger partial charge in [0.2, 0.25) is 0 Å². The van der Waals surface area contributed by atoms with Gasteiger partial charge in [-0.2, -0.15) is 0 Å². The first-order valence-electron chi connectivity index (χ1n) is 5.66. The lowest BCUT2D eigenvalue weighted by atomic mass is 10.1. The Morgan fingerprint density at radius 3 is 2.87 bits per heavy atom. The van der Waals surface area contributed by atoms with Crippen molar-refractivity contribution in [2.45, 2.75) is 39.0 Å². The number of aliphatic hydroxyl groups excluding tert-OH is 1. The van der Waals surface area contributed by atoms with Gasteiger partial charge in [-0.1, -0.05) is 31.2 Å². The molecule has 0 aliphatic heterocycles. The third-order valence-electron chi connectivity index (χ3n) is 3.21. The Morgan fingerprint density at radius 2 is 2.27 bits per heavy atom. The molecule has 0 radical (unpaired) electrons. The van der Waals surface area contributed by atoms with E-state index in [0.717, 1.165) is 11.5 Å². The lowest BCUT2D eigenvalue weighted by Gasteiger charge is -2.14. The zero-order valence-corrected chi connectivity index (χ0v) is 9.40. The Labute approximate surface area is 91.3 Å². The van der Waals surface area contributed by atoms with E-state index in [9.17, 15) is 0 Å². The minimum Gasteiger partial charge on any atom is -0.392 e. The fraction of sp³-hybridized carbons (Fsp3) is 0.538. The summed E-state index contributed by atoms with van der Waals surface area (Å²) in [6, 6.07) is 9.23. The Hall–Kier alpha value is -0.860. The molecule has 2 rings (SSSR count). The molecule has 1 fully saturated rings. The minimum absolute atomic E-state index is 0.125. The largest absolute Gasteiger partial charge is 0.392 e. The minimum atomic E-state index is 0.125. The first-order chi connectivity index (χ1) is 7.20. The molecule has 1 aliphatic rings. The van der Waals surface area contributed by atoms with Gasteiger partial charge in [0.05, 0.1) is 6.61 Å². The van der Waals surface area contributed by atoms with E-state index < -0.39 is 0 Å². The van der Waals surface area contributed by atoms with Crippen LogP contribution in [0.25, 0.3) is 0 Å². The normalized spacial score (nSPS) is 26.3. The number of rotatable bonds is 4. The van der Waals surface area contributed by atoms with E-state index in [2.05, 4.69) is 31.3 Å². The number of hydrogen-bond donors (Lipinski definition) is 2. The maximum atomic E-state index is 9.06. The summed E-state index contributed by atoms with van der Waals surface area (Å²) in [5, 5.41) is 12.6. The zero-order chi connectivity index (χ0) is 10.8. The van der Waals surface area contributed by atoms with Gasteiger partial charge < -0.3 is 10.4 Å². The van der Waals surface area contributed by atoms with Crippen LogP contribution in [0.3, 0.4) is 0 Å². The van der Waals surface area contributed by atoms with Gasteiger partial charge in [-0.05, 0) is 30.4 Å². The van der Waals surface area contributed by atoms with Crippen LogP contribution >= 0.6 is 0 Å². The van der Waals surface area contributed by atoms with Crippen LogP contribution < -0.4 is 5.32 Å². The molecule has 2 N–H and O–H groups in total. The maximum Gasteiger partial charge on any atom is 0.0681 e. The van der Waals surface area contributed by atoms with Crippen LogP contribution in [-0.4, -0.2) is 11.1 Å². The average Bonchev–Trinajstić information content (AvgIpc) is 2.94. The predicted octanol–water partition coefficient (Wildman–Crippen LogP) is 2.24. The van der Waals surface area contributed by atoms with Gasteiger partial charge in [0.1, 0.15) is 0 Å². The van der Waals surface area contributed by atoms with E-state index in [1.165, 1.54) is 12.0 Å². The van der Waals surface area contributed by atoms with Crippen molar-refractivity contribution in [3.63, 3.8) is 0 Å². The third kappa shape index (κ3) is 2.58. The standard InChI is InChI=1S/C13H19NO/c1-9-6-13(9)14-10(2)12-5-3-4-11(7-12)8-15/h3-5,7,9-10,13-15H,6,8H2,1-2H3. The molecule has 2 nitrogen and oxygen atoms in total. The highest BCUT2D eigenvalue weighted by molar-refractivity contribution is 5.25. The van der Waals surface area contributed by atoms with Crippen LogP contribution in [0.4, 0.5) is 0 Å². The zero-order valence-electron chi connectivity index (χ0n) is 9.40. The summed E-state index contributed by atoms with van der Waals surface area (Å²) in [5.41, 5.74) is 2.26. The summed E-state index contributed by atoms with van der Waals surface area (Å²) in [6.45, 7) is 4.58. The first-order valence-corrected chi connectivity index (χ1v) is 5.66. The van der Waals surface area contributed by atoms with E-state index in [0.29, 0.717) is 12.1 Å². The number of hydrogen-bond acceptors (Lipinski definition) is 2. The summed E-state index contributed by atoms with van der Waals surface area (Å²) in [5.74, 6) is 0.827. The fourth-order valence-electron chi connectivity index (χ4n) is 1.93. The molecule has 1 aromatic carbocycles. The Morgan fingerprint density at radius 1 is 1.53 bits per heavy atom. The van der Waals surface area contributed by atoms with Crippen molar-refractivity contribution in [1.29, 1.82) is 0 Å². The predicted molar refractivity (Wildman–Crippen MR) is 61.5 cm³/mol. The Balaban J connectivity index is 2.00. The van der Waals surface area contributed by atoms with E-state index in [1.54, 1.807) is 0 Å². The van der Waals surface area contributed by atoms with Crippen molar-refractivity contribution in [3.8, 4) is 0 Å². The van der Waals surface area contributed by atoms with E-state index in [-0.39, 0.29) is 6.61 Å². The van der Waals surface area contributed by atoms with Crippen molar-refractivity contribution < 1.29 is 5.11 Å². The number of aliphatic hydroxyl groups is 1. The summed E-state index contributed by atoms with van der Waals surface area (Å²) >= 11 is 0. The molecule has 0 aromatic heterocycles. The molecule has 82 valence electrons. The van der Waals surface area contributed by atoms with Crippen molar-refractivity contribution >= 4 is 0 Å². The molecular weight excluding hydrogens is 186 g/mol. The quantitative estimate of drug-likeness (QED) is 0.790. The highest BCUT2D eigenvalue weighted by Gasteiger charge is 2.33. The first kappa shape index (κ1) is 10.7. The molecule has 3 unspecified atom stereocenters. The molecule has 0 bridgehead atoms. The maximum absolute atomic E-state index is 9.06. The number of benzene rings is 1. The van der Waals surface area contributed by atoms with E-state index in [1.807, 2.05) is 12.1 Å². The Bertz CT molecular complexity index is 337. The summed E-state index contributed by atoms with van der Waals surface area (Å²) in [6.07, 6.45) is 1.30. The topological polar surface area (TPSA) is 32.3 Å². The average molecular weight is 205 g/mol. The molecular formula is C13H19NO. The van der Waals surface area contributed by atoms with Crippen LogP contribution in [-0.2, 0) is 6.61 Å². The van der Waals surface area contributed by atoms with Gasteiger partial charge in [-0.25, -0.2) is 0 Å². The fourth-order valence-corrected chi connectivity index (χ4v) is 1.93. The highest BCUT2D eigenvalue weighted by Crippen LogP contribution is 2.31. The van der Waals surface area contributed by atoms with Gasteiger partial charge in [0.15, 0.2) is 0 Å². The second-order valence-corrected chi connectivity index (χ2v) is 4.61. The van der Waals surface area contributed by atoms with Crippen LogP contribution in [0.5, 0.6) is 0 Å². The summed E-state index contributed by atoms with van der Waals surface area (Å²) < 4.78 is 0. The third-order valence-corrected chi connectivity index (χ3v) is 3.21. The molecule has 3 atom stereocenters. The smallest absolute Gasteiger partial charge is 0.0681 e. The molecule has 0 saturated heterocycles. The lowest BCUT2D eigenvalue weighted by molar-refractivity contribution is 0.281. The second kappa shape index (κ2) is 4.33. The van der Waals surface area contributed by atoms with Gasteiger partial charge in [-0.3, -0.25) is 0 Å². The van der Waals surface area contributed by atoms with E-state index in [4.69, 9.17) is 5.11 Å². The summed E-state index contributed by atoms with van der Waals surface area (Å²) in [4.78, 5) is 0. The number of nitrogens with one attached hydrogen (secondary N) is 1. The molecule has 0 heterocycles. The molecule has 1 aromatic rings. The SMILES string of the molecule is CC(NC1CC1C)c1cccc(CO)c1. The van der Waals surface area contributed by atoms with Crippen LogP contribution in [0.2, 0.25) is 0 Å². The molecule has 0 amide bonds.